The van der Waals surface area contributed by atoms with E-state index in [0.717, 1.165) is 11.3 Å². The number of carbonyl (C=O) groups excluding carboxylic acids is 1. The molecule has 0 radical (unpaired) electrons. The van der Waals surface area contributed by atoms with Gasteiger partial charge in [-0.1, -0.05) is 17.7 Å². The highest BCUT2D eigenvalue weighted by Gasteiger charge is 2.13. The number of ether oxygens (including phenoxy) is 1. The molecule has 0 aliphatic rings. The van der Waals surface area contributed by atoms with Crippen molar-refractivity contribution in [2.75, 3.05) is 14.2 Å². The summed E-state index contributed by atoms with van der Waals surface area (Å²) in [5, 5.41) is 7.80. The Balaban J connectivity index is 2.32. The normalized spacial score (nSPS) is 12.2. The lowest BCUT2D eigenvalue weighted by Crippen LogP contribution is -2.13. The molecule has 2 rings (SSSR count). The average Bonchev–Trinajstić information content (AvgIpc) is 2.95. The number of aromatic nitrogens is 3. The quantitative estimate of drug-likeness (QED) is 0.873. The number of esters is 1. The molecule has 6 nitrogen and oxygen atoms in total. The maximum atomic E-state index is 11.3. The molecule has 1 aromatic heterocycles. The predicted octanol–water partition coefficient (Wildman–Crippen LogP) is 1.99. The summed E-state index contributed by atoms with van der Waals surface area (Å²) >= 11 is 6.26. The molecule has 106 valence electrons. The first-order chi connectivity index (χ1) is 9.56. The van der Waals surface area contributed by atoms with E-state index in [9.17, 15) is 4.79 Å². The molecule has 2 aromatic rings. The molecule has 20 heavy (non-hydrogen) atoms. The number of hydrogen-bond donors (Lipinski definition) is 1. The molecule has 0 fully saturated rings. The van der Waals surface area contributed by atoms with Gasteiger partial charge in [0.1, 0.15) is 6.33 Å². The SMILES string of the molecule is CNC(C)c1ccc(-n2cnc(C(=O)OC)n2)cc1Cl. The van der Waals surface area contributed by atoms with Crippen LogP contribution in [0.2, 0.25) is 5.02 Å². The molecule has 0 spiro atoms. The van der Waals surface area contributed by atoms with Gasteiger partial charge in [0.15, 0.2) is 0 Å². The van der Waals surface area contributed by atoms with Crippen LogP contribution in [-0.4, -0.2) is 34.9 Å². The van der Waals surface area contributed by atoms with E-state index in [0.29, 0.717) is 5.02 Å². The van der Waals surface area contributed by atoms with Gasteiger partial charge in [-0.3, -0.25) is 0 Å². The molecule has 1 heterocycles. The van der Waals surface area contributed by atoms with Crippen molar-refractivity contribution in [3.8, 4) is 5.69 Å². The van der Waals surface area contributed by atoms with Crippen LogP contribution in [0, 0.1) is 0 Å². The van der Waals surface area contributed by atoms with Crippen molar-refractivity contribution in [1.29, 1.82) is 0 Å². The predicted molar refractivity (Wildman–Crippen MR) is 75.2 cm³/mol. The Bertz CT molecular complexity index is 627. The zero-order chi connectivity index (χ0) is 14.7. The van der Waals surface area contributed by atoms with Crippen LogP contribution < -0.4 is 5.32 Å². The highest BCUT2D eigenvalue weighted by Crippen LogP contribution is 2.25. The monoisotopic (exact) mass is 294 g/mol. The zero-order valence-electron chi connectivity index (χ0n) is 11.4. The Labute approximate surface area is 121 Å². The Morgan fingerprint density at radius 1 is 1.50 bits per heavy atom. The fourth-order valence-electron chi connectivity index (χ4n) is 1.74. The van der Waals surface area contributed by atoms with Crippen LogP contribution in [0.3, 0.4) is 0 Å². The van der Waals surface area contributed by atoms with Gasteiger partial charge in [-0.2, -0.15) is 0 Å². The summed E-state index contributed by atoms with van der Waals surface area (Å²) in [6.07, 6.45) is 1.44. The third kappa shape index (κ3) is 2.81. The first kappa shape index (κ1) is 14.5. The van der Waals surface area contributed by atoms with Gasteiger partial charge >= 0.3 is 5.97 Å². The maximum Gasteiger partial charge on any atom is 0.377 e. The van der Waals surface area contributed by atoms with Crippen molar-refractivity contribution in [2.24, 2.45) is 0 Å². The number of methoxy groups -OCH3 is 1. The Morgan fingerprint density at radius 3 is 2.85 bits per heavy atom. The lowest BCUT2D eigenvalue weighted by Gasteiger charge is -2.13. The van der Waals surface area contributed by atoms with E-state index >= 15 is 0 Å². The van der Waals surface area contributed by atoms with E-state index in [-0.39, 0.29) is 11.9 Å². The van der Waals surface area contributed by atoms with E-state index in [1.807, 2.05) is 26.1 Å². The minimum absolute atomic E-state index is 0.0105. The third-order valence-corrected chi connectivity index (χ3v) is 3.34. The van der Waals surface area contributed by atoms with Gasteiger partial charge in [-0.15, -0.1) is 5.10 Å². The number of halogens is 1. The van der Waals surface area contributed by atoms with Crippen LogP contribution in [0.1, 0.15) is 29.1 Å². The number of nitrogens with one attached hydrogen (secondary N) is 1. The largest absolute Gasteiger partial charge is 0.463 e. The van der Waals surface area contributed by atoms with Gasteiger partial charge in [-0.25, -0.2) is 14.5 Å². The smallest absolute Gasteiger partial charge is 0.377 e. The van der Waals surface area contributed by atoms with Crippen LogP contribution in [0.15, 0.2) is 24.5 Å². The molecule has 1 unspecified atom stereocenters. The topological polar surface area (TPSA) is 69.0 Å². The molecular formula is C13H15ClN4O2. The van der Waals surface area contributed by atoms with E-state index in [2.05, 4.69) is 20.1 Å². The number of benzene rings is 1. The van der Waals surface area contributed by atoms with Crippen LogP contribution in [0.4, 0.5) is 0 Å². The van der Waals surface area contributed by atoms with Gasteiger partial charge in [0, 0.05) is 11.1 Å². The Morgan fingerprint density at radius 2 is 2.25 bits per heavy atom. The van der Waals surface area contributed by atoms with Crippen LogP contribution in [0.5, 0.6) is 0 Å². The lowest BCUT2D eigenvalue weighted by atomic mass is 10.1. The number of carbonyl (C=O) groups is 1. The molecule has 0 aliphatic heterocycles. The van der Waals surface area contributed by atoms with Crippen molar-refractivity contribution in [3.05, 3.63) is 40.9 Å². The molecule has 0 amide bonds. The number of rotatable bonds is 4. The Hall–Kier alpha value is -1.92. The van der Waals surface area contributed by atoms with E-state index in [1.165, 1.54) is 18.1 Å². The van der Waals surface area contributed by atoms with Crippen LogP contribution in [0.25, 0.3) is 5.69 Å². The summed E-state index contributed by atoms with van der Waals surface area (Å²) in [5.74, 6) is -0.563. The second-order valence-electron chi connectivity index (χ2n) is 4.22. The summed E-state index contributed by atoms with van der Waals surface area (Å²) in [5.41, 5.74) is 1.72. The van der Waals surface area contributed by atoms with Crippen molar-refractivity contribution in [2.45, 2.75) is 13.0 Å². The molecule has 0 bridgehead atoms. The highest BCUT2D eigenvalue weighted by molar-refractivity contribution is 6.31. The molecule has 7 heteroatoms. The molecule has 1 N–H and O–H groups in total. The van der Waals surface area contributed by atoms with E-state index < -0.39 is 5.97 Å². The first-order valence-corrected chi connectivity index (χ1v) is 6.41. The molecule has 1 atom stereocenters. The van der Waals surface area contributed by atoms with E-state index in [4.69, 9.17) is 11.6 Å². The average molecular weight is 295 g/mol. The summed E-state index contributed by atoms with van der Waals surface area (Å²) in [4.78, 5) is 15.2. The fourth-order valence-corrected chi connectivity index (χ4v) is 2.08. The number of nitrogens with zero attached hydrogens (tertiary/aromatic N) is 3. The molecule has 1 aromatic carbocycles. The molecule has 0 saturated carbocycles. The highest BCUT2D eigenvalue weighted by atomic mass is 35.5. The van der Waals surface area contributed by atoms with E-state index in [1.54, 1.807) is 6.07 Å². The standard InChI is InChI=1S/C13H15ClN4O2/c1-8(15-2)10-5-4-9(6-11(10)14)18-7-16-12(17-18)13(19)20-3/h4-8,15H,1-3H3. The zero-order valence-corrected chi connectivity index (χ0v) is 12.2. The summed E-state index contributed by atoms with van der Waals surface area (Å²) in [6, 6.07) is 5.71. The minimum Gasteiger partial charge on any atom is -0.463 e. The maximum absolute atomic E-state index is 11.3. The molecule has 0 aliphatic carbocycles. The summed E-state index contributed by atoms with van der Waals surface area (Å²) in [7, 11) is 3.16. The Kier molecular flexibility index (Phi) is 4.36. The van der Waals surface area contributed by atoms with Crippen molar-refractivity contribution < 1.29 is 9.53 Å². The number of hydrogen-bond acceptors (Lipinski definition) is 5. The summed E-state index contributed by atoms with van der Waals surface area (Å²) < 4.78 is 6.04. The van der Waals surface area contributed by atoms with Gasteiger partial charge in [0.25, 0.3) is 5.82 Å². The van der Waals surface area contributed by atoms with Crippen molar-refractivity contribution >= 4 is 17.6 Å². The third-order valence-electron chi connectivity index (χ3n) is 3.01. The fraction of sp³-hybridized carbons (Fsp3) is 0.308. The van der Waals surface area contributed by atoms with Gasteiger partial charge < -0.3 is 10.1 Å². The van der Waals surface area contributed by atoms with Crippen molar-refractivity contribution in [3.63, 3.8) is 0 Å². The summed E-state index contributed by atoms with van der Waals surface area (Å²) in [6.45, 7) is 2.02. The van der Waals surface area contributed by atoms with Crippen LogP contribution in [-0.2, 0) is 4.74 Å². The lowest BCUT2D eigenvalue weighted by molar-refractivity contribution is 0.0587. The second kappa shape index (κ2) is 6.02. The second-order valence-corrected chi connectivity index (χ2v) is 4.63. The van der Waals surface area contributed by atoms with Crippen LogP contribution >= 0.6 is 11.6 Å². The first-order valence-electron chi connectivity index (χ1n) is 6.04. The molecule has 0 saturated heterocycles. The van der Waals surface area contributed by atoms with Gasteiger partial charge in [0.2, 0.25) is 0 Å². The van der Waals surface area contributed by atoms with Gasteiger partial charge in [0.05, 0.1) is 12.8 Å². The van der Waals surface area contributed by atoms with Crippen molar-refractivity contribution in [1.82, 2.24) is 20.1 Å². The molecular weight excluding hydrogens is 280 g/mol. The minimum atomic E-state index is -0.574. The van der Waals surface area contributed by atoms with Gasteiger partial charge in [-0.05, 0) is 31.7 Å².